The van der Waals surface area contributed by atoms with Gasteiger partial charge in [0.2, 0.25) is 0 Å². The molecule has 10 nitrogen and oxygen atoms in total. The number of ether oxygens (including phenoxy) is 2. The Morgan fingerprint density at radius 3 is 2.66 bits per heavy atom. The maximum Gasteiger partial charge on any atom is 0.407 e. The molecule has 0 aliphatic carbocycles. The fourth-order valence-electron chi connectivity index (χ4n) is 2.83. The highest BCUT2D eigenvalue weighted by Crippen LogP contribution is 2.30. The molecule has 0 aromatic heterocycles. The lowest BCUT2D eigenvalue weighted by Crippen LogP contribution is -2.38. The first-order chi connectivity index (χ1) is 13.6. The highest BCUT2D eigenvalue weighted by atomic mass is 16.6. The van der Waals surface area contributed by atoms with Crippen molar-refractivity contribution in [2.75, 3.05) is 24.6 Å². The summed E-state index contributed by atoms with van der Waals surface area (Å²) in [5, 5.41) is 13.3. The van der Waals surface area contributed by atoms with Gasteiger partial charge in [0.1, 0.15) is 5.60 Å². The number of nitrogens with zero attached hydrogens (tertiary/aromatic N) is 2. The summed E-state index contributed by atoms with van der Waals surface area (Å²) in [5.74, 6) is -1.04. The number of fused-ring (bicyclic) bond motifs is 1. The zero-order valence-corrected chi connectivity index (χ0v) is 16.7. The number of hydrogen-bond donors (Lipinski definition) is 1. The first-order valence-electron chi connectivity index (χ1n) is 9.27. The molecule has 158 valence electrons. The first kappa shape index (κ1) is 22.1. The number of alkyl carbamates (subject to hydrolysis) is 1. The fraction of sp³-hybridized carbons (Fsp3) is 0.526. The number of nitro groups is 1. The molecule has 1 aliphatic heterocycles. The van der Waals surface area contributed by atoms with E-state index in [9.17, 15) is 24.5 Å². The Hall–Kier alpha value is -3.17. The molecular weight excluding hydrogens is 382 g/mol. The Kier molecular flexibility index (Phi) is 7.13. The maximum atomic E-state index is 12.4. The Bertz CT molecular complexity index is 801. The van der Waals surface area contributed by atoms with Crippen molar-refractivity contribution in [3.63, 3.8) is 0 Å². The van der Waals surface area contributed by atoms with Gasteiger partial charge in [-0.05, 0) is 45.2 Å². The smallest absolute Gasteiger partial charge is 0.407 e. The van der Waals surface area contributed by atoms with Crippen molar-refractivity contribution in [3.05, 3.63) is 33.9 Å². The molecule has 0 spiro atoms. The number of hydrogen-bond acceptors (Lipinski definition) is 7. The quantitative estimate of drug-likeness (QED) is 0.435. The minimum absolute atomic E-state index is 0.0259. The fourth-order valence-corrected chi connectivity index (χ4v) is 2.83. The van der Waals surface area contributed by atoms with Crippen molar-refractivity contribution in [3.8, 4) is 0 Å². The van der Waals surface area contributed by atoms with E-state index in [1.807, 2.05) is 0 Å². The van der Waals surface area contributed by atoms with E-state index in [0.29, 0.717) is 30.6 Å². The van der Waals surface area contributed by atoms with Crippen molar-refractivity contribution in [1.29, 1.82) is 0 Å². The van der Waals surface area contributed by atoms with Crippen LogP contribution in [-0.4, -0.2) is 48.2 Å². The monoisotopic (exact) mass is 407 g/mol. The normalized spacial score (nSPS) is 13.3. The van der Waals surface area contributed by atoms with Crippen LogP contribution in [0.4, 0.5) is 16.2 Å². The van der Waals surface area contributed by atoms with E-state index in [4.69, 9.17) is 9.47 Å². The van der Waals surface area contributed by atoms with Crippen LogP contribution < -0.4 is 10.2 Å². The van der Waals surface area contributed by atoms with E-state index in [0.717, 1.165) is 0 Å². The molecule has 0 saturated carbocycles. The second kappa shape index (κ2) is 9.35. The summed E-state index contributed by atoms with van der Waals surface area (Å²) in [5.41, 5.74) is 0.644. The van der Waals surface area contributed by atoms with Gasteiger partial charge < -0.3 is 19.7 Å². The molecular formula is C19H25N3O7. The lowest BCUT2D eigenvalue weighted by Gasteiger charge is -2.29. The minimum atomic E-state index is -0.639. The van der Waals surface area contributed by atoms with E-state index in [-0.39, 0.29) is 18.7 Å². The summed E-state index contributed by atoms with van der Waals surface area (Å²) < 4.78 is 10.0. The standard InChI is InChI=1S/C19H25N3O7/c1-19(2,3)29-18(25)20-9-8-17(24)28-12-16(23)21-10-4-5-13-11-14(22(26)27)6-7-15(13)21/h6-7,11H,4-5,8-10,12H2,1-3H3,(H,20,25). The van der Waals surface area contributed by atoms with Crippen LogP contribution in [0.5, 0.6) is 0 Å². The van der Waals surface area contributed by atoms with E-state index >= 15 is 0 Å². The number of nitro benzene ring substituents is 1. The number of esters is 1. The molecule has 10 heteroatoms. The van der Waals surface area contributed by atoms with Crippen LogP contribution in [0.1, 0.15) is 39.2 Å². The number of benzene rings is 1. The number of aryl methyl sites for hydroxylation is 1. The average Bonchev–Trinajstić information content (AvgIpc) is 2.63. The Labute approximate surface area is 168 Å². The van der Waals surface area contributed by atoms with Crippen molar-refractivity contribution in [2.24, 2.45) is 0 Å². The van der Waals surface area contributed by atoms with Crippen LogP contribution in [0.2, 0.25) is 0 Å². The third kappa shape index (κ3) is 6.74. The van der Waals surface area contributed by atoms with Crippen molar-refractivity contribution in [2.45, 2.75) is 45.6 Å². The van der Waals surface area contributed by atoms with Gasteiger partial charge in [-0.25, -0.2) is 4.79 Å². The second-order valence-electron chi connectivity index (χ2n) is 7.56. The Morgan fingerprint density at radius 2 is 2.00 bits per heavy atom. The van der Waals surface area contributed by atoms with Gasteiger partial charge in [0.15, 0.2) is 6.61 Å². The molecule has 0 atom stereocenters. The van der Waals surface area contributed by atoms with Crippen LogP contribution in [0.25, 0.3) is 0 Å². The van der Waals surface area contributed by atoms with Crippen molar-refractivity contribution >= 4 is 29.3 Å². The molecule has 1 heterocycles. The second-order valence-corrected chi connectivity index (χ2v) is 7.56. The zero-order chi connectivity index (χ0) is 21.6. The molecule has 0 unspecified atom stereocenters. The predicted molar refractivity (Wildman–Crippen MR) is 104 cm³/mol. The summed E-state index contributed by atoms with van der Waals surface area (Å²) in [6.45, 7) is 5.21. The number of non-ortho nitro benzene ring substituents is 1. The van der Waals surface area contributed by atoms with Gasteiger partial charge in [0.05, 0.1) is 11.3 Å². The maximum absolute atomic E-state index is 12.4. The summed E-state index contributed by atoms with van der Waals surface area (Å²) in [6.07, 6.45) is 0.556. The Morgan fingerprint density at radius 1 is 1.28 bits per heavy atom. The molecule has 29 heavy (non-hydrogen) atoms. The molecule has 0 bridgehead atoms. The molecule has 0 radical (unpaired) electrons. The van der Waals surface area contributed by atoms with Gasteiger partial charge in [-0.2, -0.15) is 0 Å². The van der Waals surface area contributed by atoms with Gasteiger partial charge in [-0.1, -0.05) is 0 Å². The van der Waals surface area contributed by atoms with Gasteiger partial charge in [0, 0.05) is 30.9 Å². The number of nitrogens with one attached hydrogen (secondary N) is 1. The van der Waals surface area contributed by atoms with Crippen LogP contribution in [0, 0.1) is 10.1 Å². The van der Waals surface area contributed by atoms with Crippen LogP contribution in [0.3, 0.4) is 0 Å². The average molecular weight is 407 g/mol. The number of anilines is 1. The minimum Gasteiger partial charge on any atom is -0.455 e. The van der Waals surface area contributed by atoms with E-state index in [1.54, 1.807) is 20.8 Å². The molecule has 1 N–H and O–H groups in total. The van der Waals surface area contributed by atoms with Gasteiger partial charge in [0.25, 0.3) is 11.6 Å². The number of amides is 2. The van der Waals surface area contributed by atoms with Gasteiger partial charge in [-0.3, -0.25) is 19.7 Å². The van der Waals surface area contributed by atoms with Crippen molar-refractivity contribution in [1.82, 2.24) is 5.32 Å². The molecule has 0 saturated heterocycles. The molecule has 1 aliphatic rings. The van der Waals surface area contributed by atoms with Gasteiger partial charge >= 0.3 is 12.1 Å². The Balaban J connectivity index is 1.82. The first-order valence-corrected chi connectivity index (χ1v) is 9.27. The molecule has 0 fully saturated rings. The zero-order valence-electron chi connectivity index (χ0n) is 16.7. The predicted octanol–water partition coefficient (Wildman–Crippen LogP) is 2.33. The lowest BCUT2D eigenvalue weighted by molar-refractivity contribution is -0.384. The van der Waals surface area contributed by atoms with E-state index < -0.39 is 35.1 Å². The molecule has 2 rings (SSSR count). The van der Waals surface area contributed by atoms with Crippen molar-refractivity contribution < 1.29 is 28.8 Å². The molecule has 1 aromatic rings. The number of carbonyl (C=O) groups excluding carboxylic acids is 3. The molecule has 2 amide bonds. The van der Waals surface area contributed by atoms with Crippen LogP contribution in [0.15, 0.2) is 18.2 Å². The van der Waals surface area contributed by atoms with E-state index in [1.165, 1.54) is 23.1 Å². The van der Waals surface area contributed by atoms with E-state index in [2.05, 4.69) is 5.32 Å². The number of rotatable bonds is 6. The van der Waals surface area contributed by atoms with Crippen LogP contribution in [-0.2, 0) is 25.5 Å². The lowest BCUT2D eigenvalue weighted by atomic mass is 10.0. The highest BCUT2D eigenvalue weighted by Gasteiger charge is 2.25. The third-order valence-corrected chi connectivity index (χ3v) is 4.05. The van der Waals surface area contributed by atoms with Crippen LogP contribution >= 0.6 is 0 Å². The highest BCUT2D eigenvalue weighted by molar-refractivity contribution is 5.96. The summed E-state index contributed by atoms with van der Waals surface area (Å²) in [6, 6.07) is 4.35. The summed E-state index contributed by atoms with van der Waals surface area (Å²) >= 11 is 0. The largest absolute Gasteiger partial charge is 0.455 e. The number of carbonyl (C=O) groups is 3. The summed E-state index contributed by atoms with van der Waals surface area (Å²) in [7, 11) is 0. The third-order valence-electron chi connectivity index (χ3n) is 4.05. The molecule has 1 aromatic carbocycles. The van der Waals surface area contributed by atoms with Gasteiger partial charge in [-0.15, -0.1) is 0 Å². The summed E-state index contributed by atoms with van der Waals surface area (Å²) in [4.78, 5) is 47.7. The topological polar surface area (TPSA) is 128 Å². The SMILES string of the molecule is CC(C)(C)OC(=O)NCCC(=O)OCC(=O)N1CCCc2cc([N+](=O)[O-])ccc21.